The molecule has 0 saturated carbocycles. The first-order valence-corrected chi connectivity index (χ1v) is 7.63. The highest BCUT2D eigenvalue weighted by atomic mass is 32.2. The van der Waals surface area contributed by atoms with Crippen LogP contribution in [0.25, 0.3) is 0 Å². The van der Waals surface area contributed by atoms with Crippen LogP contribution in [-0.4, -0.2) is 55.0 Å². The second kappa shape index (κ2) is 6.58. The molecule has 0 aliphatic rings. The van der Waals surface area contributed by atoms with Crippen molar-refractivity contribution in [3.63, 3.8) is 0 Å². The van der Waals surface area contributed by atoms with E-state index in [0.29, 0.717) is 19.5 Å². The van der Waals surface area contributed by atoms with E-state index in [0.717, 1.165) is 11.9 Å². The fourth-order valence-electron chi connectivity index (χ4n) is 1.27. The number of carbonyl (C=O) groups excluding carboxylic acids is 1. The topological polar surface area (TPSA) is 92.3 Å². The summed E-state index contributed by atoms with van der Waals surface area (Å²) in [6.45, 7) is 2.53. The van der Waals surface area contributed by atoms with E-state index in [2.05, 4.69) is 15.3 Å². The van der Waals surface area contributed by atoms with Crippen LogP contribution in [0.4, 0.5) is 0 Å². The number of hydrogen-bond donors (Lipinski definition) is 1. The van der Waals surface area contributed by atoms with Crippen LogP contribution in [0.1, 0.15) is 22.6 Å². The molecule has 0 bridgehead atoms. The van der Waals surface area contributed by atoms with Crippen molar-refractivity contribution in [1.82, 2.24) is 19.6 Å². The first-order chi connectivity index (χ1) is 8.80. The second-order valence-electron chi connectivity index (χ2n) is 4.24. The molecular weight excluding hydrogens is 268 g/mol. The van der Waals surface area contributed by atoms with Crippen LogP contribution in [0.5, 0.6) is 0 Å². The van der Waals surface area contributed by atoms with E-state index in [-0.39, 0.29) is 11.6 Å². The molecule has 1 aromatic rings. The van der Waals surface area contributed by atoms with Crippen LogP contribution in [0.2, 0.25) is 0 Å². The summed E-state index contributed by atoms with van der Waals surface area (Å²) in [4.78, 5) is 19.6. The Morgan fingerprint density at radius 1 is 1.37 bits per heavy atom. The molecule has 0 radical (unpaired) electrons. The van der Waals surface area contributed by atoms with E-state index in [1.807, 2.05) is 0 Å². The summed E-state index contributed by atoms with van der Waals surface area (Å²) in [5, 5.41) is 2.66. The Balaban J connectivity index is 2.34. The number of nitrogens with zero attached hydrogens (tertiary/aromatic N) is 3. The van der Waals surface area contributed by atoms with Crippen molar-refractivity contribution < 1.29 is 13.2 Å². The third kappa shape index (κ3) is 5.31. The zero-order valence-electron chi connectivity index (χ0n) is 11.3. The van der Waals surface area contributed by atoms with Crippen molar-refractivity contribution in [1.29, 1.82) is 0 Å². The van der Waals surface area contributed by atoms with E-state index in [1.165, 1.54) is 23.7 Å². The van der Waals surface area contributed by atoms with Gasteiger partial charge in [-0.3, -0.25) is 9.78 Å². The minimum Gasteiger partial charge on any atom is -0.351 e. The van der Waals surface area contributed by atoms with Crippen molar-refractivity contribution in [3.05, 3.63) is 23.8 Å². The Morgan fingerprint density at radius 3 is 2.58 bits per heavy atom. The van der Waals surface area contributed by atoms with Crippen molar-refractivity contribution in [2.75, 3.05) is 26.4 Å². The number of aryl methyl sites for hydroxylation is 1. The molecule has 1 rings (SSSR count). The van der Waals surface area contributed by atoms with Gasteiger partial charge in [-0.05, 0) is 13.3 Å². The molecule has 0 spiro atoms. The molecule has 0 saturated heterocycles. The largest absolute Gasteiger partial charge is 0.351 e. The highest BCUT2D eigenvalue weighted by Crippen LogP contribution is 1.96. The number of rotatable bonds is 6. The normalized spacial score (nSPS) is 11.6. The van der Waals surface area contributed by atoms with Crippen LogP contribution in [0, 0.1) is 6.92 Å². The van der Waals surface area contributed by atoms with Gasteiger partial charge in [0.25, 0.3) is 5.91 Å². The van der Waals surface area contributed by atoms with Gasteiger partial charge in [0.1, 0.15) is 5.69 Å². The van der Waals surface area contributed by atoms with Gasteiger partial charge in [0.05, 0.1) is 18.1 Å². The molecule has 0 aliphatic carbocycles. The zero-order chi connectivity index (χ0) is 14.5. The number of nitrogens with one attached hydrogen (secondary N) is 1. The van der Waals surface area contributed by atoms with Gasteiger partial charge in [0, 0.05) is 26.3 Å². The molecule has 1 heterocycles. The number of amides is 1. The maximum Gasteiger partial charge on any atom is 0.271 e. The molecule has 1 aromatic heterocycles. The lowest BCUT2D eigenvalue weighted by Crippen LogP contribution is -2.31. The summed E-state index contributed by atoms with van der Waals surface area (Å²) in [6, 6.07) is 0. The summed E-state index contributed by atoms with van der Waals surface area (Å²) < 4.78 is 23.5. The van der Waals surface area contributed by atoms with E-state index in [9.17, 15) is 13.2 Å². The average Bonchev–Trinajstić information content (AvgIpc) is 2.33. The predicted octanol–water partition coefficient (Wildman–Crippen LogP) is -0.204. The van der Waals surface area contributed by atoms with Crippen molar-refractivity contribution >= 4 is 15.9 Å². The van der Waals surface area contributed by atoms with Gasteiger partial charge in [-0.15, -0.1) is 0 Å². The molecule has 106 valence electrons. The van der Waals surface area contributed by atoms with Gasteiger partial charge in [-0.25, -0.2) is 17.7 Å². The zero-order valence-corrected chi connectivity index (χ0v) is 12.1. The third-order valence-corrected chi connectivity index (χ3v) is 3.83. The minimum atomic E-state index is -3.16. The molecule has 8 heteroatoms. The lowest BCUT2D eigenvalue weighted by molar-refractivity contribution is 0.0947. The third-order valence-electron chi connectivity index (χ3n) is 2.52. The van der Waals surface area contributed by atoms with Gasteiger partial charge in [-0.1, -0.05) is 0 Å². The summed E-state index contributed by atoms with van der Waals surface area (Å²) >= 11 is 0. The van der Waals surface area contributed by atoms with Crippen molar-refractivity contribution in [2.45, 2.75) is 13.3 Å². The van der Waals surface area contributed by atoms with Crippen molar-refractivity contribution in [3.8, 4) is 0 Å². The Morgan fingerprint density at radius 2 is 2.05 bits per heavy atom. The minimum absolute atomic E-state index is 0.252. The smallest absolute Gasteiger partial charge is 0.271 e. The Labute approximate surface area is 113 Å². The monoisotopic (exact) mass is 286 g/mol. The highest BCUT2D eigenvalue weighted by molar-refractivity contribution is 7.88. The first kappa shape index (κ1) is 15.5. The van der Waals surface area contributed by atoms with Crippen molar-refractivity contribution in [2.24, 2.45) is 0 Å². The predicted molar refractivity (Wildman–Crippen MR) is 71.2 cm³/mol. The highest BCUT2D eigenvalue weighted by Gasteiger charge is 2.10. The van der Waals surface area contributed by atoms with Crippen LogP contribution < -0.4 is 5.32 Å². The van der Waals surface area contributed by atoms with Crippen LogP contribution in [0.15, 0.2) is 12.4 Å². The standard InChI is InChI=1S/C11H18N4O3S/c1-9-7-14-10(8-13-9)11(16)12-5-4-6-15(2)19(3,17)18/h7-8H,4-6H2,1-3H3,(H,12,16). The van der Waals surface area contributed by atoms with E-state index >= 15 is 0 Å². The number of hydrogen-bond acceptors (Lipinski definition) is 5. The van der Waals surface area contributed by atoms with Crippen LogP contribution in [-0.2, 0) is 10.0 Å². The SMILES string of the molecule is Cc1cnc(C(=O)NCCCN(C)S(C)(=O)=O)cn1. The average molecular weight is 286 g/mol. The van der Waals surface area contributed by atoms with Gasteiger partial charge >= 0.3 is 0 Å². The second-order valence-corrected chi connectivity index (χ2v) is 6.33. The van der Waals surface area contributed by atoms with E-state index in [4.69, 9.17) is 0 Å². The maximum atomic E-state index is 11.7. The van der Waals surface area contributed by atoms with Gasteiger partial charge in [0.15, 0.2) is 0 Å². The molecule has 0 atom stereocenters. The molecule has 1 amide bonds. The Kier molecular flexibility index (Phi) is 5.37. The van der Waals surface area contributed by atoms with E-state index in [1.54, 1.807) is 6.92 Å². The summed E-state index contributed by atoms with van der Waals surface area (Å²) in [5.41, 5.74) is 0.994. The fraction of sp³-hybridized carbons (Fsp3) is 0.545. The summed E-state index contributed by atoms with van der Waals surface area (Å²) in [7, 11) is -1.66. The quantitative estimate of drug-likeness (QED) is 0.731. The van der Waals surface area contributed by atoms with Gasteiger partial charge in [-0.2, -0.15) is 0 Å². The molecule has 0 aliphatic heterocycles. The maximum absolute atomic E-state index is 11.7. The molecule has 0 aromatic carbocycles. The molecule has 1 N–H and O–H groups in total. The number of sulfonamides is 1. The number of aromatic nitrogens is 2. The Bertz CT molecular complexity index is 527. The molecular formula is C11H18N4O3S. The molecule has 7 nitrogen and oxygen atoms in total. The van der Waals surface area contributed by atoms with Gasteiger partial charge < -0.3 is 5.32 Å². The number of carbonyl (C=O) groups is 1. The summed E-state index contributed by atoms with van der Waals surface area (Å²) in [5.74, 6) is -0.311. The fourth-order valence-corrected chi connectivity index (χ4v) is 1.73. The van der Waals surface area contributed by atoms with Crippen LogP contribution >= 0.6 is 0 Å². The Hall–Kier alpha value is -1.54. The van der Waals surface area contributed by atoms with Gasteiger partial charge in [0.2, 0.25) is 10.0 Å². The lowest BCUT2D eigenvalue weighted by Gasteiger charge is -2.13. The van der Waals surface area contributed by atoms with E-state index < -0.39 is 10.0 Å². The molecule has 0 unspecified atom stereocenters. The molecule has 19 heavy (non-hydrogen) atoms. The van der Waals surface area contributed by atoms with Crippen LogP contribution in [0.3, 0.4) is 0 Å². The summed E-state index contributed by atoms with van der Waals surface area (Å²) in [6.07, 6.45) is 4.61. The molecule has 0 fully saturated rings. The lowest BCUT2D eigenvalue weighted by atomic mass is 10.3. The first-order valence-electron chi connectivity index (χ1n) is 5.79.